The second kappa shape index (κ2) is 6.32. The number of carbonyl (C=O) groups is 3. The van der Waals surface area contributed by atoms with Crippen molar-refractivity contribution in [2.75, 3.05) is 0 Å². The number of hydrogen-bond acceptors (Lipinski definition) is 4. The van der Waals surface area contributed by atoms with Gasteiger partial charge in [-0.1, -0.05) is 35.6 Å². The second-order valence-electron chi connectivity index (χ2n) is 6.74. The topological polar surface area (TPSA) is 71.7 Å². The lowest BCUT2D eigenvalue weighted by Gasteiger charge is -2.19. The molecule has 1 aliphatic carbocycles. The first-order chi connectivity index (χ1) is 12.5. The van der Waals surface area contributed by atoms with Crippen molar-refractivity contribution in [2.45, 2.75) is 25.8 Å². The second-order valence-corrected chi connectivity index (χ2v) is 7.75. The Kier molecular flexibility index (Phi) is 4.11. The maximum Gasteiger partial charge on any atom is 0.271 e. The van der Waals surface area contributed by atoms with Crippen molar-refractivity contribution >= 4 is 39.3 Å². The molecule has 2 heterocycles. The van der Waals surface area contributed by atoms with Crippen LogP contribution in [0.5, 0.6) is 0 Å². The molecule has 0 saturated carbocycles. The van der Waals surface area contributed by atoms with Crippen molar-refractivity contribution in [2.24, 2.45) is 23.9 Å². The van der Waals surface area contributed by atoms with Crippen molar-refractivity contribution in [1.82, 2.24) is 9.47 Å². The van der Waals surface area contributed by atoms with Crippen LogP contribution in [0.25, 0.3) is 10.2 Å². The highest BCUT2D eigenvalue weighted by Crippen LogP contribution is 2.36. The highest BCUT2D eigenvalue weighted by Gasteiger charge is 2.50. The first kappa shape index (κ1) is 16.9. The number of aromatic nitrogens is 1. The molecule has 1 aromatic heterocycles. The predicted molar refractivity (Wildman–Crippen MR) is 98.0 cm³/mol. The van der Waals surface area contributed by atoms with E-state index in [-0.39, 0.29) is 23.7 Å². The molecule has 0 bridgehead atoms. The molecule has 7 heteroatoms. The summed E-state index contributed by atoms with van der Waals surface area (Å²) in [6, 6.07) is 6.92. The maximum absolute atomic E-state index is 12.7. The van der Waals surface area contributed by atoms with Gasteiger partial charge in [0.2, 0.25) is 11.8 Å². The van der Waals surface area contributed by atoms with Gasteiger partial charge >= 0.3 is 0 Å². The first-order valence-electron chi connectivity index (χ1n) is 8.64. The van der Waals surface area contributed by atoms with Gasteiger partial charge in [0.1, 0.15) is 6.04 Å². The van der Waals surface area contributed by atoms with Gasteiger partial charge in [0.25, 0.3) is 5.91 Å². The smallest absolute Gasteiger partial charge is 0.271 e. The van der Waals surface area contributed by atoms with E-state index in [0.29, 0.717) is 17.6 Å². The lowest BCUT2D eigenvalue weighted by Crippen LogP contribution is -2.43. The molecule has 1 aliphatic heterocycles. The number of rotatable bonds is 2. The summed E-state index contributed by atoms with van der Waals surface area (Å²) in [6.07, 6.45) is 5.00. The van der Waals surface area contributed by atoms with Crippen molar-refractivity contribution < 1.29 is 14.4 Å². The zero-order chi connectivity index (χ0) is 18.4. The zero-order valence-corrected chi connectivity index (χ0v) is 15.4. The summed E-state index contributed by atoms with van der Waals surface area (Å²) in [5, 5.41) is 0. The molecule has 1 saturated heterocycles. The maximum atomic E-state index is 12.7. The van der Waals surface area contributed by atoms with Gasteiger partial charge in [-0.2, -0.15) is 4.99 Å². The fourth-order valence-electron chi connectivity index (χ4n) is 3.69. The third-order valence-electron chi connectivity index (χ3n) is 5.21. The molecular formula is C19H19N3O3S. The Morgan fingerprint density at radius 3 is 2.38 bits per heavy atom. The molecule has 3 amide bonds. The van der Waals surface area contributed by atoms with Gasteiger partial charge in [-0.25, -0.2) is 0 Å². The van der Waals surface area contributed by atoms with Crippen LogP contribution >= 0.6 is 11.3 Å². The number of amides is 3. The Morgan fingerprint density at radius 2 is 1.77 bits per heavy atom. The number of likely N-dealkylation sites (tertiary alicyclic amines) is 1. The highest BCUT2D eigenvalue weighted by atomic mass is 32.1. The van der Waals surface area contributed by atoms with Crippen LogP contribution in [0.3, 0.4) is 0 Å². The van der Waals surface area contributed by atoms with Crippen LogP contribution in [0.4, 0.5) is 0 Å². The normalized spacial score (nSPS) is 24.4. The average molecular weight is 369 g/mol. The van der Waals surface area contributed by atoms with Gasteiger partial charge in [0.15, 0.2) is 4.80 Å². The van der Waals surface area contributed by atoms with Crippen molar-refractivity contribution in [3.63, 3.8) is 0 Å². The fourth-order valence-corrected chi connectivity index (χ4v) is 4.72. The van der Waals surface area contributed by atoms with E-state index in [1.165, 1.54) is 11.3 Å². The van der Waals surface area contributed by atoms with E-state index >= 15 is 0 Å². The van der Waals surface area contributed by atoms with Gasteiger partial charge in [0, 0.05) is 7.05 Å². The van der Waals surface area contributed by atoms with Crippen molar-refractivity contribution in [1.29, 1.82) is 0 Å². The third-order valence-corrected chi connectivity index (χ3v) is 6.32. The predicted octanol–water partition coefficient (Wildman–Crippen LogP) is 2.01. The number of para-hydroxylation sites is 1. The van der Waals surface area contributed by atoms with Crippen molar-refractivity contribution in [3.05, 3.63) is 41.2 Å². The number of allylic oxidation sites excluding steroid dienone is 2. The molecule has 0 radical (unpaired) electrons. The van der Waals surface area contributed by atoms with Gasteiger partial charge in [0.05, 0.1) is 22.1 Å². The SMILES string of the molecule is C[C@@H](C(=O)N=c1sc2ccccc2n1C)N1C(=O)[C@H]2CC=CC[C@H]2C1=O. The van der Waals surface area contributed by atoms with Crippen LogP contribution in [0.1, 0.15) is 19.8 Å². The molecule has 1 fully saturated rings. The molecule has 4 rings (SSSR count). The molecule has 26 heavy (non-hydrogen) atoms. The van der Waals surface area contributed by atoms with Gasteiger partial charge in [-0.05, 0) is 31.9 Å². The number of fused-ring (bicyclic) bond motifs is 2. The molecule has 6 nitrogen and oxygen atoms in total. The van der Waals surface area contributed by atoms with E-state index in [2.05, 4.69) is 4.99 Å². The third kappa shape index (κ3) is 2.54. The zero-order valence-electron chi connectivity index (χ0n) is 14.6. The average Bonchev–Trinajstić information content (AvgIpc) is 3.10. The Balaban J connectivity index is 1.65. The van der Waals surface area contributed by atoms with E-state index in [1.807, 2.05) is 48.0 Å². The summed E-state index contributed by atoms with van der Waals surface area (Å²) >= 11 is 1.41. The summed E-state index contributed by atoms with van der Waals surface area (Å²) in [4.78, 5) is 43.8. The number of thiazole rings is 1. The summed E-state index contributed by atoms with van der Waals surface area (Å²) in [6.45, 7) is 1.58. The Bertz CT molecular complexity index is 990. The molecule has 0 unspecified atom stereocenters. The molecule has 3 atom stereocenters. The Labute approximate surface area is 154 Å². The molecular weight excluding hydrogens is 350 g/mol. The molecule has 0 spiro atoms. The lowest BCUT2D eigenvalue weighted by atomic mass is 9.85. The van der Waals surface area contributed by atoms with E-state index in [0.717, 1.165) is 15.1 Å². The highest BCUT2D eigenvalue weighted by molar-refractivity contribution is 7.16. The van der Waals surface area contributed by atoms with Crippen LogP contribution in [0.2, 0.25) is 0 Å². The Hall–Kier alpha value is -2.54. The molecule has 1 aromatic carbocycles. The monoisotopic (exact) mass is 369 g/mol. The quantitative estimate of drug-likeness (QED) is 0.600. The molecule has 2 aromatic rings. The van der Waals surface area contributed by atoms with Crippen LogP contribution in [-0.2, 0) is 21.4 Å². The van der Waals surface area contributed by atoms with Gasteiger partial charge in [-0.15, -0.1) is 0 Å². The number of imide groups is 1. The van der Waals surface area contributed by atoms with E-state index in [4.69, 9.17) is 0 Å². The van der Waals surface area contributed by atoms with E-state index in [9.17, 15) is 14.4 Å². The van der Waals surface area contributed by atoms with Crippen LogP contribution in [-0.4, -0.2) is 33.2 Å². The summed E-state index contributed by atoms with van der Waals surface area (Å²) < 4.78 is 2.88. The number of hydrogen-bond donors (Lipinski definition) is 0. The van der Waals surface area contributed by atoms with Gasteiger partial charge in [-0.3, -0.25) is 19.3 Å². The standard InChI is InChI=1S/C19H19N3O3S/c1-11(22-17(24)12-7-3-4-8-13(12)18(22)25)16(23)20-19-21(2)14-9-5-6-10-15(14)26-19/h3-6,9-13H,7-8H2,1-2H3/t11-,12-,13+/m0/s1. The summed E-state index contributed by atoms with van der Waals surface area (Å²) in [7, 11) is 1.85. The number of carbonyl (C=O) groups excluding carboxylic acids is 3. The van der Waals surface area contributed by atoms with Crippen LogP contribution < -0.4 is 4.80 Å². The fraction of sp³-hybridized carbons (Fsp3) is 0.368. The number of nitrogens with zero attached hydrogens (tertiary/aromatic N) is 3. The number of aryl methyl sites for hydroxylation is 1. The summed E-state index contributed by atoms with van der Waals surface area (Å²) in [5.41, 5.74) is 0.988. The number of benzene rings is 1. The lowest BCUT2D eigenvalue weighted by molar-refractivity contribution is -0.146. The molecule has 134 valence electrons. The Morgan fingerprint density at radius 1 is 1.15 bits per heavy atom. The molecule has 0 N–H and O–H groups in total. The molecule has 2 aliphatic rings. The van der Waals surface area contributed by atoms with Crippen molar-refractivity contribution in [3.8, 4) is 0 Å². The van der Waals surface area contributed by atoms with Crippen LogP contribution in [0, 0.1) is 11.8 Å². The minimum absolute atomic E-state index is 0.249. The van der Waals surface area contributed by atoms with E-state index in [1.54, 1.807) is 6.92 Å². The van der Waals surface area contributed by atoms with Crippen LogP contribution in [0.15, 0.2) is 41.4 Å². The van der Waals surface area contributed by atoms with Gasteiger partial charge < -0.3 is 4.57 Å². The minimum Gasteiger partial charge on any atom is -0.319 e. The first-order valence-corrected chi connectivity index (χ1v) is 9.45. The summed E-state index contributed by atoms with van der Waals surface area (Å²) in [5.74, 6) is -1.63. The largest absolute Gasteiger partial charge is 0.319 e. The minimum atomic E-state index is -0.884. The van der Waals surface area contributed by atoms with E-state index < -0.39 is 11.9 Å².